The summed E-state index contributed by atoms with van der Waals surface area (Å²) in [6, 6.07) is 8.94. The molecule has 0 bridgehead atoms. The van der Waals surface area contributed by atoms with Crippen LogP contribution in [0.2, 0.25) is 0 Å². The molecule has 22 heavy (non-hydrogen) atoms. The van der Waals surface area contributed by atoms with Crippen LogP contribution in [0.3, 0.4) is 0 Å². The molecule has 0 spiro atoms. The number of rotatable bonds is 7. The summed E-state index contributed by atoms with van der Waals surface area (Å²) in [6.45, 7) is 1.23. The fraction of sp³-hybridized carbons (Fsp3) is 0.462. The summed E-state index contributed by atoms with van der Waals surface area (Å²) in [5.74, 6) is -1.15. The number of halogens is 3. The monoisotopic (exact) mass is 340 g/mol. The lowest BCUT2D eigenvalue weighted by Crippen LogP contribution is -2.35. The molecule has 124 valence electrons. The van der Waals surface area contributed by atoms with Crippen molar-refractivity contribution in [1.29, 1.82) is 0 Å². The van der Waals surface area contributed by atoms with Crippen LogP contribution in [0.1, 0.15) is 18.9 Å². The number of esters is 1. The van der Waals surface area contributed by atoms with Crippen molar-refractivity contribution in [2.45, 2.75) is 31.4 Å². The van der Waals surface area contributed by atoms with Crippen LogP contribution >= 0.6 is 0 Å². The molecule has 1 atom stereocenters. The highest BCUT2D eigenvalue weighted by molar-refractivity contribution is 7.87. The first-order chi connectivity index (χ1) is 10.2. The summed E-state index contributed by atoms with van der Waals surface area (Å²) >= 11 is 0. The highest BCUT2D eigenvalue weighted by Crippen LogP contribution is 2.26. The summed E-state index contributed by atoms with van der Waals surface area (Å²) in [5, 5.41) is 0. The van der Waals surface area contributed by atoms with E-state index in [1.807, 2.05) is 0 Å². The van der Waals surface area contributed by atoms with E-state index in [-0.39, 0.29) is 13.0 Å². The Balaban J connectivity index is 2.55. The van der Waals surface area contributed by atoms with Crippen LogP contribution in [-0.4, -0.2) is 32.6 Å². The Morgan fingerprint density at radius 2 is 1.82 bits per heavy atom. The summed E-state index contributed by atoms with van der Waals surface area (Å²) in [4.78, 5) is 11.6. The van der Waals surface area contributed by atoms with Crippen LogP contribution < -0.4 is 0 Å². The Morgan fingerprint density at radius 3 is 2.32 bits per heavy atom. The summed E-state index contributed by atoms with van der Waals surface area (Å²) < 4.78 is 67.0. The smallest absolute Gasteiger partial charge is 0.463 e. The van der Waals surface area contributed by atoms with Crippen molar-refractivity contribution in [2.75, 3.05) is 6.61 Å². The molecule has 1 aromatic carbocycles. The molecular weight excluding hydrogens is 325 g/mol. The molecule has 0 radical (unpaired) electrons. The highest BCUT2D eigenvalue weighted by atomic mass is 32.2. The van der Waals surface area contributed by atoms with Crippen molar-refractivity contribution in [3.8, 4) is 0 Å². The van der Waals surface area contributed by atoms with Crippen LogP contribution in [0.5, 0.6) is 0 Å². The van der Waals surface area contributed by atoms with Crippen molar-refractivity contribution in [2.24, 2.45) is 0 Å². The molecule has 0 aliphatic carbocycles. The minimum atomic E-state index is -5.83. The first-order valence-corrected chi connectivity index (χ1v) is 7.78. The third-order valence-electron chi connectivity index (χ3n) is 2.64. The third-order valence-corrected chi connectivity index (χ3v) is 3.69. The molecule has 5 nitrogen and oxygen atoms in total. The van der Waals surface area contributed by atoms with Gasteiger partial charge in [0.15, 0.2) is 6.10 Å². The van der Waals surface area contributed by atoms with Crippen molar-refractivity contribution >= 4 is 16.1 Å². The second kappa shape index (κ2) is 7.59. The lowest BCUT2D eigenvalue weighted by atomic mass is 10.2. The van der Waals surface area contributed by atoms with E-state index >= 15 is 0 Å². The van der Waals surface area contributed by atoms with Gasteiger partial charge in [0, 0.05) is 6.42 Å². The Hall–Kier alpha value is -1.61. The van der Waals surface area contributed by atoms with Gasteiger partial charge in [0.25, 0.3) is 0 Å². The number of hydrogen-bond donors (Lipinski definition) is 0. The molecule has 0 aliphatic rings. The van der Waals surface area contributed by atoms with E-state index in [4.69, 9.17) is 4.74 Å². The number of alkyl halides is 3. The Morgan fingerprint density at radius 1 is 1.23 bits per heavy atom. The van der Waals surface area contributed by atoms with Crippen molar-refractivity contribution in [1.82, 2.24) is 0 Å². The van der Waals surface area contributed by atoms with Gasteiger partial charge in [-0.1, -0.05) is 37.3 Å². The van der Waals surface area contributed by atoms with E-state index in [1.165, 1.54) is 6.92 Å². The number of carbonyl (C=O) groups excluding carboxylic acids is 1. The van der Waals surface area contributed by atoms with Gasteiger partial charge in [-0.05, 0) is 12.0 Å². The van der Waals surface area contributed by atoms with Crippen LogP contribution in [-0.2, 0) is 30.3 Å². The van der Waals surface area contributed by atoms with Crippen molar-refractivity contribution in [3.63, 3.8) is 0 Å². The molecule has 1 unspecified atom stereocenters. The van der Waals surface area contributed by atoms with Crippen molar-refractivity contribution < 1.29 is 35.3 Å². The van der Waals surface area contributed by atoms with Crippen LogP contribution in [0.4, 0.5) is 13.2 Å². The van der Waals surface area contributed by atoms with Gasteiger partial charge in [0.2, 0.25) is 0 Å². The normalized spacial score (nSPS) is 13.6. The maximum Gasteiger partial charge on any atom is 0.523 e. The van der Waals surface area contributed by atoms with Crippen LogP contribution in [0, 0.1) is 0 Å². The first kappa shape index (κ1) is 18.4. The lowest BCUT2D eigenvalue weighted by molar-refractivity contribution is -0.152. The SMILES string of the molecule is CCC(OS(=O)(=O)C(F)(F)F)C(=O)OCCc1ccccc1. The zero-order valence-electron chi connectivity index (χ0n) is 11.7. The van der Waals surface area contributed by atoms with Gasteiger partial charge in [-0.3, -0.25) is 0 Å². The number of benzene rings is 1. The Bertz CT molecular complexity index is 583. The molecule has 1 rings (SSSR count). The average molecular weight is 340 g/mol. The molecule has 0 aliphatic heterocycles. The molecule has 0 heterocycles. The second-order valence-electron chi connectivity index (χ2n) is 4.30. The number of hydrogen-bond acceptors (Lipinski definition) is 5. The molecule has 0 amide bonds. The van der Waals surface area contributed by atoms with Gasteiger partial charge >= 0.3 is 21.6 Å². The van der Waals surface area contributed by atoms with E-state index in [0.29, 0.717) is 6.42 Å². The van der Waals surface area contributed by atoms with Crippen LogP contribution in [0.15, 0.2) is 30.3 Å². The summed E-state index contributed by atoms with van der Waals surface area (Å²) in [6.07, 6.45) is -1.73. The average Bonchev–Trinajstić information content (AvgIpc) is 2.44. The third kappa shape index (κ3) is 5.30. The standard InChI is InChI=1S/C13H15F3O5S/c1-2-11(21-22(18,19)13(14,15)16)12(17)20-9-8-10-6-4-3-5-7-10/h3-7,11H,2,8-9H2,1H3. The molecule has 0 saturated heterocycles. The zero-order chi connectivity index (χ0) is 16.8. The lowest BCUT2D eigenvalue weighted by Gasteiger charge is -2.16. The second-order valence-corrected chi connectivity index (χ2v) is 5.86. The predicted molar refractivity (Wildman–Crippen MR) is 71.2 cm³/mol. The maximum atomic E-state index is 12.2. The molecule has 0 N–H and O–H groups in total. The number of ether oxygens (including phenoxy) is 1. The van der Waals surface area contributed by atoms with E-state index in [9.17, 15) is 26.4 Å². The molecule has 9 heteroatoms. The topological polar surface area (TPSA) is 69.7 Å². The predicted octanol–water partition coefficient (Wildman–Crippen LogP) is 2.42. The van der Waals surface area contributed by atoms with Gasteiger partial charge in [-0.15, -0.1) is 0 Å². The number of carbonyl (C=O) groups is 1. The highest BCUT2D eigenvalue weighted by Gasteiger charge is 2.49. The van der Waals surface area contributed by atoms with E-state index in [2.05, 4.69) is 4.18 Å². The fourth-order valence-electron chi connectivity index (χ4n) is 1.49. The Labute approximate surface area is 126 Å². The molecule has 0 aromatic heterocycles. The summed E-state index contributed by atoms with van der Waals surface area (Å²) in [5.41, 5.74) is -4.71. The first-order valence-electron chi connectivity index (χ1n) is 6.37. The maximum absolute atomic E-state index is 12.2. The minimum absolute atomic E-state index is 0.0885. The Kier molecular flexibility index (Phi) is 6.36. The van der Waals surface area contributed by atoms with E-state index in [0.717, 1.165) is 5.56 Å². The molecular formula is C13H15F3O5S. The minimum Gasteiger partial charge on any atom is -0.463 e. The largest absolute Gasteiger partial charge is 0.523 e. The zero-order valence-corrected chi connectivity index (χ0v) is 12.5. The fourth-order valence-corrected chi connectivity index (χ4v) is 2.12. The van der Waals surface area contributed by atoms with Gasteiger partial charge in [0.1, 0.15) is 0 Å². The van der Waals surface area contributed by atoms with Crippen LogP contribution in [0.25, 0.3) is 0 Å². The molecule has 1 aromatic rings. The van der Waals surface area contributed by atoms with E-state index < -0.39 is 27.7 Å². The van der Waals surface area contributed by atoms with Gasteiger partial charge < -0.3 is 4.74 Å². The van der Waals surface area contributed by atoms with Crippen molar-refractivity contribution in [3.05, 3.63) is 35.9 Å². The van der Waals surface area contributed by atoms with E-state index in [1.54, 1.807) is 30.3 Å². The van der Waals surface area contributed by atoms with Gasteiger partial charge in [-0.2, -0.15) is 21.6 Å². The van der Waals surface area contributed by atoms with Gasteiger partial charge in [-0.25, -0.2) is 8.98 Å². The molecule has 0 fully saturated rings. The van der Waals surface area contributed by atoms with Gasteiger partial charge in [0.05, 0.1) is 6.61 Å². The molecule has 0 saturated carbocycles. The quantitative estimate of drug-likeness (QED) is 0.433. The summed E-state index contributed by atoms with van der Waals surface area (Å²) in [7, 11) is -5.83.